The molecule has 1 aromatic heterocycles. The molecule has 0 radical (unpaired) electrons. The molecule has 1 heterocycles. The van der Waals surface area contributed by atoms with Crippen LogP contribution < -0.4 is 0 Å². The second-order valence-corrected chi connectivity index (χ2v) is 12.1. The van der Waals surface area contributed by atoms with Crippen molar-refractivity contribution in [2.75, 3.05) is 0 Å². The highest BCUT2D eigenvalue weighted by atomic mass is 79.9. The van der Waals surface area contributed by atoms with Crippen LogP contribution in [0.5, 0.6) is 0 Å². The van der Waals surface area contributed by atoms with E-state index >= 15 is 0 Å². The first kappa shape index (κ1) is 26.4. The van der Waals surface area contributed by atoms with Crippen molar-refractivity contribution in [3.05, 3.63) is 174 Å². The van der Waals surface area contributed by atoms with Gasteiger partial charge in [0, 0.05) is 20.8 Å². The molecule has 8 aromatic rings. The molecule has 0 spiro atoms. The number of halogens is 1. The van der Waals surface area contributed by atoms with E-state index in [0.29, 0.717) is 0 Å². The van der Waals surface area contributed by atoms with Crippen molar-refractivity contribution in [3.63, 3.8) is 0 Å². The van der Waals surface area contributed by atoms with Crippen molar-refractivity contribution >= 4 is 37.7 Å². The average molecular weight is 627 g/mol. The minimum absolute atomic E-state index is 1.08. The van der Waals surface area contributed by atoms with E-state index in [1.165, 1.54) is 72.0 Å². The van der Waals surface area contributed by atoms with Gasteiger partial charge in [-0.15, -0.1) is 0 Å². The fraction of sp³-hybridized carbons (Fsp3) is 0. The molecule has 208 valence electrons. The molecule has 0 aliphatic heterocycles. The number of benzene rings is 7. The summed E-state index contributed by atoms with van der Waals surface area (Å²) in [6.45, 7) is 0. The molecule has 2 heteroatoms. The quantitative estimate of drug-likeness (QED) is 0.179. The Hall–Kier alpha value is -5.18. The molecule has 8 rings (SSSR count). The van der Waals surface area contributed by atoms with Crippen molar-refractivity contribution in [2.45, 2.75) is 0 Å². The van der Waals surface area contributed by atoms with E-state index in [0.717, 1.165) is 4.47 Å². The zero-order valence-corrected chi connectivity index (χ0v) is 25.6. The predicted octanol–water partition coefficient (Wildman–Crippen LogP) is 12.2. The van der Waals surface area contributed by atoms with Gasteiger partial charge >= 0.3 is 0 Å². The van der Waals surface area contributed by atoms with Crippen molar-refractivity contribution in [2.24, 2.45) is 0 Å². The maximum absolute atomic E-state index is 3.63. The smallest absolute Gasteiger partial charge is 0.0541 e. The number of hydrogen-bond acceptors (Lipinski definition) is 0. The Morgan fingerprint density at radius 1 is 0.341 bits per heavy atom. The lowest BCUT2D eigenvalue weighted by molar-refractivity contribution is 1.18. The zero-order chi connectivity index (χ0) is 29.5. The van der Waals surface area contributed by atoms with Crippen molar-refractivity contribution < 1.29 is 0 Å². The van der Waals surface area contributed by atoms with Crippen LogP contribution in [0.4, 0.5) is 0 Å². The lowest BCUT2D eigenvalue weighted by Gasteiger charge is -2.16. The summed E-state index contributed by atoms with van der Waals surface area (Å²) in [5, 5.41) is 2.50. The maximum atomic E-state index is 3.63. The first-order valence-corrected chi connectivity index (χ1v) is 15.7. The van der Waals surface area contributed by atoms with E-state index in [4.69, 9.17) is 0 Å². The fourth-order valence-electron chi connectivity index (χ4n) is 6.35. The lowest BCUT2D eigenvalue weighted by Crippen LogP contribution is -1.98. The summed E-state index contributed by atoms with van der Waals surface area (Å²) in [5.74, 6) is 0. The first-order chi connectivity index (χ1) is 21.7. The van der Waals surface area contributed by atoms with Crippen LogP contribution in [0.2, 0.25) is 0 Å². The van der Waals surface area contributed by atoms with E-state index < -0.39 is 0 Å². The highest BCUT2D eigenvalue weighted by Gasteiger charge is 2.17. The molecule has 44 heavy (non-hydrogen) atoms. The first-order valence-electron chi connectivity index (χ1n) is 14.9. The molecule has 0 unspecified atom stereocenters. The second-order valence-electron chi connectivity index (χ2n) is 11.1. The van der Waals surface area contributed by atoms with Crippen LogP contribution in [0, 0.1) is 0 Å². The zero-order valence-electron chi connectivity index (χ0n) is 24.0. The van der Waals surface area contributed by atoms with E-state index in [-0.39, 0.29) is 0 Å². The molecule has 0 amide bonds. The van der Waals surface area contributed by atoms with E-state index in [9.17, 15) is 0 Å². The third-order valence-corrected chi connectivity index (χ3v) is 8.95. The second kappa shape index (κ2) is 11.1. The van der Waals surface area contributed by atoms with Crippen molar-refractivity contribution in [3.8, 4) is 50.2 Å². The van der Waals surface area contributed by atoms with Gasteiger partial charge in [-0.2, -0.15) is 0 Å². The topological polar surface area (TPSA) is 4.93 Å². The van der Waals surface area contributed by atoms with Crippen LogP contribution in [0.1, 0.15) is 0 Å². The van der Waals surface area contributed by atoms with Crippen LogP contribution >= 0.6 is 15.9 Å². The van der Waals surface area contributed by atoms with Crippen LogP contribution in [0.15, 0.2) is 174 Å². The Morgan fingerprint density at radius 3 is 1.64 bits per heavy atom. The molecule has 0 aliphatic rings. The summed E-state index contributed by atoms with van der Waals surface area (Å²) in [7, 11) is 0. The van der Waals surface area contributed by atoms with Gasteiger partial charge in [0.2, 0.25) is 0 Å². The summed E-state index contributed by atoms with van der Waals surface area (Å²) in [6.07, 6.45) is 0. The Bertz CT molecular complexity index is 2280. The van der Waals surface area contributed by atoms with Gasteiger partial charge in [-0.3, -0.25) is 0 Å². The molecular weight excluding hydrogens is 598 g/mol. The molecule has 7 aromatic carbocycles. The van der Waals surface area contributed by atoms with Crippen molar-refractivity contribution in [1.82, 2.24) is 4.57 Å². The average Bonchev–Trinajstić information content (AvgIpc) is 3.42. The van der Waals surface area contributed by atoms with Crippen LogP contribution in [-0.2, 0) is 0 Å². The van der Waals surface area contributed by atoms with E-state index in [1.54, 1.807) is 0 Å². The summed E-state index contributed by atoms with van der Waals surface area (Å²) in [4.78, 5) is 0. The SMILES string of the molecule is Brc1cccc(-c2cccc(-c3ccc4c(c3)c3ccccc3n4-c3ccc(-c4ccccc4)cc3-c3ccccc3)c2)c1. The molecule has 0 fully saturated rings. The lowest BCUT2D eigenvalue weighted by atomic mass is 9.97. The van der Waals surface area contributed by atoms with Gasteiger partial charge in [0.05, 0.1) is 16.7 Å². The summed E-state index contributed by atoms with van der Waals surface area (Å²) < 4.78 is 3.52. The normalized spacial score (nSPS) is 11.3. The third-order valence-electron chi connectivity index (χ3n) is 8.46. The number of nitrogens with zero attached hydrogens (tertiary/aromatic N) is 1. The third kappa shape index (κ3) is 4.74. The molecule has 1 nitrogen and oxygen atoms in total. The molecule has 0 N–H and O–H groups in total. The van der Waals surface area contributed by atoms with E-state index in [2.05, 4.69) is 190 Å². The van der Waals surface area contributed by atoms with Gasteiger partial charge in [-0.05, 0) is 87.5 Å². The van der Waals surface area contributed by atoms with Crippen molar-refractivity contribution in [1.29, 1.82) is 0 Å². The fourth-order valence-corrected chi connectivity index (χ4v) is 6.75. The Labute approximate surface area is 265 Å². The Morgan fingerprint density at radius 2 is 0.886 bits per heavy atom. The predicted molar refractivity (Wildman–Crippen MR) is 190 cm³/mol. The summed E-state index contributed by atoms with van der Waals surface area (Å²) in [5.41, 5.74) is 13.2. The molecule has 0 bridgehead atoms. The highest BCUT2D eigenvalue weighted by molar-refractivity contribution is 9.10. The largest absolute Gasteiger partial charge is 0.309 e. The van der Waals surface area contributed by atoms with E-state index in [1.807, 2.05) is 0 Å². The summed E-state index contributed by atoms with van der Waals surface area (Å²) >= 11 is 3.63. The minimum Gasteiger partial charge on any atom is -0.309 e. The number of para-hydroxylation sites is 1. The number of hydrogen-bond donors (Lipinski definition) is 0. The monoisotopic (exact) mass is 625 g/mol. The molecule has 0 saturated carbocycles. The van der Waals surface area contributed by atoms with Crippen LogP contribution in [0.25, 0.3) is 72.0 Å². The van der Waals surface area contributed by atoms with Gasteiger partial charge in [0.25, 0.3) is 0 Å². The van der Waals surface area contributed by atoms with Gasteiger partial charge in [-0.25, -0.2) is 0 Å². The van der Waals surface area contributed by atoms with Crippen LogP contribution in [-0.4, -0.2) is 4.57 Å². The number of fused-ring (bicyclic) bond motifs is 3. The minimum atomic E-state index is 1.08. The highest BCUT2D eigenvalue weighted by Crippen LogP contribution is 2.39. The number of rotatable bonds is 5. The molecular formula is C42H28BrN. The Kier molecular flexibility index (Phi) is 6.70. The van der Waals surface area contributed by atoms with Crippen LogP contribution in [0.3, 0.4) is 0 Å². The maximum Gasteiger partial charge on any atom is 0.0541 e. The molecule has 0 saturated heterocycles. The standard InChI is InChI=1S/C42H28BrN/c43-36-18-10-17-33(26-36)31-15-9-16-32(25-31)35-22-24-42-39(28-35)37-19-7-8-20-40(37)44(42)41-23-21-34(29-11-3-1-4-12-29)27-38(41)30-13-5-2-6-14-30/h1-28H. The van der Waals surface area contributed by atoms with Gasteiger partial charge in [0.15, 0.2) is 0 Å². The van der Waals surface area contributed by atoms with Gasteiger partial charge in [-0.1, -0.05) is 137 Å². The Balaban J connectivity index is 1.33. The number of aromatic nitrogens is 1. The molecule has 0 aliphatic carbocycles. The van der Waals surface area contributed by atoms with Gasteiger partial charge in [0.1, 0.15) is 0 Å². The van der Waals surface area contributed by atoms with Gasteiger partial charge < -0.3 is 4.57 Å². The molecule has 0 atom stereocenters. The summed E-state index contributed by atoms with van der Waals surface area (Å²) in [6, 6.07) is 61.2.